The maximum atomic E-state index is 13.2. The Morgan fingerprint density at radius 2 is 1.97 bits per heavy atom. The summed E-state index contributed by atoms with van der Waals surface area (Å²) in [6.45, 7) is 2.01. The van der Waals surface area contributed by atoms with Crippen LogP contribution < -0.4 is 20.5 Å². The highest BCUT2D eigenvalue weighted by Crippen LogP contribution is 2.32. The predicted octanol–water partition coefficient (Wildman–Crippen LogP) is 3.53. The van der Waals surface area contributed by atoms with E-state index in [1.165, 1.54) is 19.2 Å². The molecule has 1 aromatic heterocycles. The molecule has 2 heterocycles. The predicted molar refractivity (Wildman–Crippen MR) is 126 cm³/mol. The minimum Gasteiger partial charge on any atom is -0.495 e. The number of rotatable bonds is 6. The quantitative estimate of drug-likeness (QED) is 0.600. The number of aryl methyl sites for hydroxylation is 1. The first-order valence-corrected chi connectivity index (χ1v) is 10.9. The van der Waals surface area contributed by atoms with Gasteiger partial charge in [-0.1, -0.05) is 29.8 Å². The number of halogens is 1. The summed E-state index contributed by atoms with van der Waals surface area (Å²) in [6, 6.07) is 15.4. The average molecular weight is 467 g/mol. The Balaban J connectivity index is 1.45. The monoisotopic (exact) mass is 466 g/mol. The molecule has 0 fully saturated rings. The largest absolute Gasteiger partial charge is 0.495 e. The Bertz CT molecular complexity index is 1270. The van der Waals surface area contributed by atoms with E-state index in [4.69, 9.17) is 16.3 Å². The van der Waals surface area contributed by atoms with Gasteiger partial charge in [-0.15, -0.1) is 0 Å². The van der Waals surface area contributed by atoms with Gasteiger partial charge in [0, 0.05) is 29.9 Å². The van der Waals surface area contributed by atoms with Crippen molar-refractivity contribution < 1.29 is 14.3 Å². The molecule has 4 rings (SSSR count). The second kappa shape index (κ2) is 9.46. The molecule has 0 saturated heterocycles. The van der Waals surface area contributed by atoms with E-state index < -0.39 is 0 Å². The van der Waals surface area contributed by atoms with Crippen LogP contribution in [0.3, 0.4) is 0 Å². The number of fused-ring (bicyclic) bond motifs is 1. The van der Waals surface area contributed by atoms with Gasteiger partial charge in [-0.05, 0) is 49.2 Å². The van der Waals surface area contributed by atoms with Crippen molar-refractivity contribution in [1.82, 2.24) is 9.78 Å². The number of anilines is 2. The maximum absolute atomic E-state index is 13.2. The Hall–Kier alpha value is -3.65. The molecule has 2 aromatic carbocycles. The van der Waals surface area contributed by atoms with Gasteiger partial charge in [-0.25, -0.2) is 4.68 Å². The first-order chi connectivity index (χ1) is 15.9. The van der Waals surface area contributed by atoms with E-state index in [0.717, 1.165) is 22.4 Å². The van der Waals surface area contributed by atoms with Crippen LogP contribution in [0.25, 0.3) is 0 Å². The van der Waals surface area contributed by atoms with Gasteiger partial charge in [-0.2, -0.15) is 5.10 Å². The SMILES string of the molecule is COc1ccc(NC(=O)CCn2nc(C(=O)N3c4ccccc4C[C@@H]3C)ccc2=O)cc1Cl. The standard InChI is InChI=1S/C24H23ClN4O4/c1-15-13-16-5-3-4-6-20(16)29(15)24(32)19-8-10-23(31)28(27-19)12-11-22(30)26-17-7-9-21(33-2)18(25)14-17/h3-10,14-15H,11-13H2,1-2H3,(H,26,30)/t15-/m0/s1. The van der Waals surface area contributed by atoms with Crippen LogP contribution >= 0.6 is 11.6 Å². The number of para-hydroxylation sites is 1. The van der Waals surface area contributed by atoms with E-state index in [0.29, 0.717) is 16.5 Å². The molecule has 33 heavy (non-hydrogen) atoms. The highest BCUT2D eigenvalue weighted by Gasteiger charge is 2.32. The number of nitrogens with one attached hydrogen (secondary N) is 1. The first kappa shape index (κ1) is 22.5. The topological polar surface area (TPSA) is 93.5 Å². The second-order valence-electron chi connectivity index (χ2n) is 7.78. The van der Waals surface area contributed by atoms with Crippen LogP contribution in [0.2, 0.25) is 5.02 Å². The van der Waals surface area contributed by atoms with Gasteiger partial charge in [0.1, 0.15) is 11.4 Å². The number of benzene rings is 2. The second-order valence-corrected chi connectivity index (χ2v) is 8.19. The molecule has 3 aromatic rings. The van der Waals surface area contributed by atoms with Crippen molar-refractivity contribution in [1.29, 1.82) is 0 Å². The average Bonchev–Trinajstić information content (AvgIpc) is 3.14. The highest BCUT2D eigenvalue weighted by molar-refractivity contribution is 6.32. The third-order valence-corrected chi connectivity index (χ3v) is 5.79. The first-order valence-electron chi connectivity index (χ1n) is 10.5. The van der Waals surface area contributed by atoms with Gasteiger partial charge in [0.2, 0.25) is 5.91 Å². The van der Waals surface area contributed by atoms with Gasteiger partial charge >= 0.3 is 0 Å². The molecule has 9 heteroatoms. The number of methoxy groups -OCH3 is 1. The minimum atomic E-state index is -0.387. The number of carbonyl (C=O) groups excluding carboxylic acids is 2. The normalized spacial score (nSPS) is 14.6. The van der Waals surface area contributed by atoms with Gasteiger partial charge in [0.25, 0.3) is 11.5 Å². The molecule has 1 atom stereocenters. The van der Waals surface area contributed by atoms with Gasteiger partial charge in [0.05, 0.1) is 18.7 Å². The third kappa shape index (κ3) is 4.75. The Labute approximate surface area is 195 Å². The number of amides is 2. The lowest BCUT2D eigenvalue weighted by Gasteiger charge is -2.22. The van der Waals surface area contributed by atoms with Crippen molar-refractivity contribution in [3.05, 3.63) is 81.2 Å². The molecule has 2 amide bonds. The summed E-state index contributed by atoms with van der Waals surface area (Å²) < 4.78 is 6.23. The van der Waals surface area contributed by atoms with Gasteiger partial charge in [0.15, 0.2) is 0 Å². The van der Waals surface area contributed by atoms with Crippen LogP contribution in [0.1, 0.15) is 29.4 Å². The van der Waals surface area contributed by atoms with Crippen molar-refractivity contribution in [2.24, 2.45) is 0 Å². The smallest absolute Gasteiger partial charge is 0.278 e. The highest BCUT2D eigenvalue weighted by atomic mass is 35.5. The van der Waals surface area contributed by atoms with Crippen molar-refractivity contribution in [2.75, 3.05) is 17.3 Å². The molecule has 0 unspecified atom stereocenters. The van der Waals surface area contributed by atoms with Crippen LogP contribution in [0, 0.1) is 0 Å². The number of hydrogen-bond acceptors (Lipinski definition) is 5. The van der Waals surface area contributed by atoms with Gasteiger partial charge in [-0.3, -0.25) is 14.4 Å². The minimum absolute atomic E-state index is 0.00283. The van der Waals surface area contributed by atoms with Crippen molar-refractivity contribution >= 4 is 34.8 Å². The fourth-order valence-electron chi connectivity index (χ4n) is 3.90. The zero-order valence-electron chi connectivity index (χ0n) is 18.2. The van der Waals surface area contributed by atoms with E-state index in [-0.39, 0.29) is 42.1 Å². The molecule has 0 saturated carbocycles. The van der Waals surface area contributed by atoms with Crippen LogP contribution in [-0.2, 0) is 17.8 Å². The lowest BCUT2D eigenvalue weighted by Crippen LogP contribution is -2.37. The fourth-order valence-corrected chi connectivity index (χ4v) is 4.15. The van der Waals surface area contributed by atoms with Gasteiger partial charge < -0.3 is 15.0 Å². The zero-order valence-corrected chi connectivity index (χ0v) is 19.0. The Morgan fingerprint density at radius 3 is 2.73 bits per heavy atom. The number of carbonyl (C=O) groups is 2. The van der Waals surface area contributed by atoms with Crippen molar-refractivity contribution in [3.63, 3.8) is 0 Å². The lowest BCUT2D eigenvalue weighted by atomic mass is 10.1. The molecule has 0 bridgehead atoms. The van der Waals surface area contributed by atoms with Crippen LogP contribution in [0.5, 0.6) is 5.75 Å². The molecule has 0 aliphatic carbocycles. The van der Waals surface area contributed by atoms with Crippen LogP contribution in [-0.4, -0.2) is 34.7 Å². The van der Waals surface area contributed by atoms with E-state index in [1.54, 1.807) is 23.1 Å². The van der Waals surface area contributed by atoms with E-state index in [9.17, 15) is 14.4 Å². The number of hydrogen-bond donors (Lipinski definition) is 1. The Morgan fingerprint density at radius 1 is 1.18 bits per heavy atom. The van der Waals surface area contributed by atoms with E-state index in [1.807, 2.05) is 31.2 Å². The molecular weight excluding hydrogens is 444 g/mol. The van der Waals surface area contributed by atoms with Crippen molar-refractivity contribution in [3.8, 4) is 5.75 Å². The van der Waals surface area contributed by atoms with Crippen molar-refractivity contribution in [2.45, 2.75) is 32.4 Å². The summed E-state index contributed by atoms with van der Waals surface area (Å²) in [7, 11) is 1.51. The molecule has 0 radical (unpaired) electrons. The van der Waals surface area contributed by atoms with E-state index in [2.05, 4.69) is 10.4 Å². The summed E-state index contributed by atoms with van der Waals surface area (Å²) in [5.74, 6) is -0.0934. The molecule has 1 N–H and O–H groups in total. The summed E-state index contributed by atoms with van der Waals surface area (Å²) in [5, 5.41) is 7.33. The molecule has 8 nitrogen and oxygen atoms in total. The number of ether oxygens (including phenoxy) is 1. The number of aromatic nitrogens is 2. The summed E-state index contributed by atoms with van der Waals surface area (Å²) in [5.41, 5.74) is 2.23. The number of nitrogens with zero attached hydrogens (tertiary/aromatic N) is 3. The molecular formula is C24H23ClN4O4. The third-order valence-electron chi connectivity index (χ3n) is 5.50. The molecule has 170 valence electrons. The van der Waals surface area contributed by atoms with Crippen LogP contribution in [0.15, 0.2) is 59.4 Å². The lowest BCUT2D eigenvalue weighted by molar-refractivity contribution is -0.116. The van der Waals surface area contributed by atoms with E-state index >= 15 is 0 Å². The maximum Gasteiger partial charge on any atom is 0.278 e. The summed E-state index contributed by atoms with van der Waals surface area (Å²) in [6.07, 6.45) is 0.758. The molecule has 1 aliphatic heterocycles. The summed E-state index contributed by atoms with van der Waals surface area (Å²) in [4.78, 5) is 39.5. The zero-order chi connectivity index (χ0) is 23.5. The van der Waals surface area contributed by atoms with Crippen LogP contribution in [0.4, 0.5) is 11.4 Å². The molecule has 0 spiro atoms. The summed E-state index contributed by atoms with van der Waals surface area (Å²) >= 11 is 6.08. The Kier molecular flexibility index (Phi) is 6.46. The molecule has 1 aliphatic rings. The fraction of sp³-hybridized carbons (Fsp3) is 0.250.